The minimum Gasteiger partial charge on any atom is -0.465 e. The van der Waals surface area contributed by atoms with E-state index in [-0.39, 0.29) is 22.7 Å². The first kappa shape index (κ1) is 12.7. The molecule has 0 saturated heterocycles. The van der Waals surface area contributed by atoms with Crippen LogP contribution in [0.4, 0.5) is 0 Å². The van der Waals surface area contributed by atoms with Gasteiger partial charge in [0.1, 0.15) is 0 Å². The largest absolute Gasteiger partial charge is 0.465 e. The molecule has 1 heterocycles. The van der Waals surface area contributed by atoms with Gasteiger partial charge in [0.05, 0.1) is 12.7 Å². The number of benzene rings is 1. The Balaban J connectivity index is 2.50. The lowest BCUT2D eigenvalue weighted by Gasteiger charge is -2.06. The SMILES string of the molecule is COC(=O)c1cc(I)ccc1C(=O)c1ncc[nH]1. The highest BCUT2D eigenvalue weighted by molar-refractivity contribution is 14.1. The van der Waals surface area contributed by atoms with Crippen molar-refractivity contribution >= 4 is 34.3 Å². The monoisotopic (exact) mass is 356 g/mol. The molecule has 2 rings (SSSR count). The summed E-state index contributed by atoms with van der Waals surface area (Å²) >= 11 is 2.07. The third-order valence-electron chi connectivity index (χ3n) is 2.34. The Morgan fingerprint density at radius 2 is 2.11 bits per heavy atom. The Morgan fingerprint density at radius 3 is 2.72 bits per heavy atom. The van der Waals surface area contributed by atoms with Gasteiger partial charge < -0.3 is 9.72 Å². The zero-order valence-electron chi connectivity index (χ0n) is 9.44. The van der Waals surface area contributed by atoms with E-state index in [1.54, 1.807) is 24.4 Å². The number of halogens is 1. The molecule has 6 heteroatoms. The zero-order valence-corrected chi connectivity index (χ0v) is 11.6. The number of hydrogen-bond donors (Lipinski definition) is 1. The number of nitrogens with one attached hydrogen (secondary N) is 1. The van der Waals surface area contributed by atoms with Gasteiger partial charge in [-0.15, -0.1) is 0 Å². The van der Waals surface area contributed by atoms with Crippen LogP contribution in [-0.4, -0.2) is 28.8 Å². The molecular formula is C12H9IN2O3. The van der Waals surface area contributed by atoms with Gasteiger partial charge in [-0.25, -0.2) is 9.78 Å². The number of imidazole rings is 1. The lowest BCUT2D eigenvalue weighted by atomic mass is 10.0. The number of nitrogens with zero attached hydrogens (tertiary/aromatic N) is 1. The second kappa shape index (κ2) is 5.30. The van der Waals surface area contributed by atoms with Crippen LogP contribution in [0, 0.1) is 3.57 Å². The highest BCUT2D eigenvalue weighted by Gasteiger charge is 2.20. The Labute approximate surface area is 117 Å². The highest BCUT2D eigenvalue weighted by atomic mass is 127. The maximum absolute atomic E-state index is 12.2. The summed E-state index contributed by atoms with van der Waals surface area (Å²) < 4.78 is 5.53. The van der Waals surface area contributed by atoms with E-state index >= 15 is 0 Å². The summed E-state index contributed by atoms with van der Waals surface area (Å²) in [4.78, 5) is 30.4. The van der Waals surface area contributed by atoms with E-state index in [1.807, 2.05) is 0 Å². The van der Waals surface area contributed by atoms with Crippen LogP contribution in [0.15, 0.2) is 30.6 Å². The maximum Gasteiger partial charge on any atom is 0.338 e. The number of carbonyl (C=O) groups excluding carboxylic acids is 2. The summed E-state index contributed by atoms with van der Waals surface area (Å²) in [7, 11) is 1.28. The lowest BCUT2D eigenvalue weighted by Crippen LogP contribution is -2.12. The molecule has 18 heavy (non-hydrogen) atoms. The summed E-state index contributed by atoms with van der Waals surface area (Å²) in [5.74, 6) is -0.679. The van der Waals surface area contributed by atoms with Gasteiger partial charge in [0, 0.05) is 21.5 Å². The summed E-state index contributed by atoms with van der Waals surface area (Å²) in [6.07, 6.45) is 3.04. The number of rotatable bonds is 3. The van der Waals surface area contributed by atoms with Crippen LogP contribution in [0.5, 0.6) is 0 Å². The molecule has 0 spiro atoms. The summed E-state index contributed by atoms with van der Waals surface area (Å²) in [5.41, 5.74) is 0.517. The summed E-state index contributed by atoms with van der Waals surface area (Å²) in [6.45, 7) is 0. The van der Waals surface area contributed by atoms with Gasteiger partial charge in [0.15, 0.2) is 5.82 Å². The number of aromatic amines is 1. The molecule has 5 nitrogen and oxygen atoms in total. The number of methoxy groups -OCH3 is 1. The van der Waals surface area contributed by atoms with Gasteiger partial charge in [-0.3, -0.25) is 4.79 Å². The van der Waals surface area contributed by atoms with Gasteiger partial charge in [0.2, 0.25) is 5.78 Å². The van der Waals surface area contributed by atoms with Crippen molar-refractivity contribution in [2.75, 3.05) is 7.11 Å². The van der Waals surface area contributed by atoms with Crippen molar-refractivity contribution < 1.29 is 14.3 Å². The molecule has 0 atom stereocenters. The first-order valence-corrected chi connectivity index (χ1v) is 6.13. The molecule has 1 N–H and O–H groups in total. The first-order valence-electron chi connectivity index (χ1n) is 5.05. The van der Waals surface area contributed by atoms with E-state index in [0.717, 1.165) is 3.57 Å². The van der Waals surface area contributed by atoms with Crippen molar-refractivity contribution in [2.24, 2.45) is 0 Å². The summed E-state index contributed by atoms with van der Waals surface area (Å²) in [6, 6.07) is 4.96. The number of H-pyrrole nitrogens is 1. The van der Waals surface area contributed by atoms with Crippen molar-refractivity contribution in [3.8, 4) is 0 Å². The molecule has 92 valence electrons. The van der Waals surface area contributed by atoms with Gasteiger partial charge in [-0.2, -0.15) is 0 Å². The second-order valence-corrected chi connectivity index (χ2v) is 4.69. The topological polar surface area (TPSA) is 72.1 Å². The number of ketones is 1. The molecule has 0 fully saturated rings. The Bertz CT molecular complexity index is 593. The fourth-order valence-electron chi connectivity index (χ4n) is 1.51. The third-order valence-corrected chi connectivity index (χ3v) is 3.02. The molecule has 1 aromatic heterocycles. The first-order chi connectivity index (χ1) is 8.63. The van der Waals surface area contributed by atoms with Crippen LogP contribution >= 0.6 is 22.6 Å². The van der Waals surface area contributed by atoms with Crippen molar-refractivity contribution in [3.63, 3.8) is 0 Å². The Hall–Kier alpha value is -1.70. The van der Waals surface area contributed by atoms with Crippen LogP contribution in [0.3, 0.4) is 0 Å². The van der Waals surface area contributed by atoms with Crippen LogP contribution in [0.2, 0.25) is 0 Å². The van der Waals surface area contributed by atoms with Gasteiger partial charge in [0.25, 0.3) is 0 Å². The predicted octanol–water partition coefficient (Wildman–Crippen LogP) is 2.03. The Kier molecular flexibility index (Phi) is 3.75. The maximum atomic E-state index is 12.2. The molecule has 0 bridgehead atoms. The molecule has 0 amide bonds. The molecular weight excluding hydrogens is 347 g/mol. The third kappa shape index (κ3) is 2.42. The number of esters is 1. The van der Waals surface area contributed by atoms with Crippen molar-refractivity contribution in [3.05, 3.63) is 51.1 Å². The molecule has 2 aromatic rings. The molecule has 0 aliphatic heterocycles. The summed E-state index contributed by atoms with van der Waals surface area (Å²) in [5, 5.41) is 0. The minimum atomic E-state index is -0.538. The van der Waals surface area contributed by atoms with E-state index in [2.05, 4.69) is 37.3 Å². The van der Waals surface area contributed by atoms with Crippen molar-refractivity contribution in [1.29, 1.82) is 0 Å². The lowest BCUT2D eigenvalue weighted by molar-refractivity contribution is 0.0597. The second-order valence-electron chi connectivity index (χ2n) is 3.45. The quantitative estimate of drug-likeness (QED) is 0.519. The molecule has 0 aliphatic rings. The van der Waals surface area contributed by atoms with E-state index in [4.69, 9.17) is 0 Å². The average molecular weight is 356 g/mol. The zero-order chi connectivity index (χ0) is 13.1. The van der Waals surface area contributed by atoms with Gasteiger partial charge in [-0.1, -0.05) is 0 Å². The fraction of sp³-hybridized carbons (Fsp3) is 0.0833. The molecule has 0 aliphatic carbocycles. The van der Waals surface area contributed by atoms with Gasteiger partial charge >= 0.3 is 5.97 Å². The normalized spacial score (nSPS) is 10.1. The van der Waals surface area contributed by atoms with Gasteiger partial charge in [-0.05, 0) is 40.8 Å². The predicted molar refractivity (Wildman–Crippen MR) is 72.5 cm³/mol. The molecule has 1 aromatic carbocycles. The van der Waals surface area contributed by atoms with E-state index in [9.17, 15) is 9.59 Å². The highest BCUT2D eigenvalue weighted by Crippen LogP contribution is 2.17. The van der Waals surface area contributed by atoms with E-state index in [1.165, 1.54) is 13.3 Å². The molecule has 0 unspecified atom stereocenters. The fourth-order valence-corrected chi connectivity index (χ4v) is 2.00. The van der Waals surface area contributed by atoms with Crippen LogP contribution in [0.25, 0.3) is 0 Å². The van der Waals surface area contributed by atoms with Crippen LogP contribution in [-0.2, 0) is 4.74 Å². The molecule has 0 radical (unpaired) electrons. The van der Waals surface area contributed by atoms with E-state index in [0.29, 0.717) is 0 Å². The number of carbonyl (C=O) groups is 2. The van der Waals surface area contributed by atoms with Crippen molar-refractivity contribution in [1.82, 2.24) is 9.97 Å². The average Bonchev–Trinajstić information content (AvgIpc) is 2.90. The van der Waals surface area contributed by atoms with Crippen LogP contribution in [0.1, 0.15) is 26.5 Å². The van der Waals surface area contributed by atoms with Crippen LogP contribution < -0.4 is 0 Å². The number of hydrogen-bond acceptors (Lipinski definition) is 4. The van der Waals surface area contributed by atoms with E-state index < -0.39 is 5.97 Å². The smallest absolute Gasteiger partial charge is 0.338 e. The van der Waals surface area contributed by atoms with Crippen molar-refractivity contribution in [2.45, 2.75) is 0 Å². The number of aromatic nitrogens is 2. The number of ether oxygens (including phenoxy) is 1. The minimum absolute atomic E-state index is 0.196. The molecule has 0 saturated carbocycles. The standard InChI is InChI=1S/C12H9IN2O3/c1-18-12(17)9-6-7(13)2-3-8(9)10(16)11-14-4-5-15-11/h2-6H,1H3,(H,14,15). The Morgan fingerprint density at radius 1 is 1.33 bits per heavy atom.